The first-order valence-electron chi connectivity index (χ1n) is 8.52. The number of nitrogens with zero attached hydrogens (tertiary/aromatic N) is 3. The second-order valence-electron chi connectivity index (χ2n) is 7.30. The van der Waals surface area contributed by atoms with Crippen molar-refractivity contribution in [2.45, 2.75) is 38.8 Å². The molecule has 0 aliphatic heterocycles. The predicted molar refractivity (Wildman–Crippen MR) is 95.2 cm³/mol. The molecule has 25 heavy (non-hydrogen) atoms. The van der Waals surface area contributed by atoms with Gasteiger partial charge in [0.2, 0.25) is 0 Å². The van der Waals surface area contributed by atoms with E-state index in [0.717, 1.165) is 5.82 Å². The third kappa shape index (κ3) is 3.99. The van der Waals surface area contributed by atoms with Crippen LogP contribution in [0, 0.1) is 5.41 Å². The van der Waals surface area contributed by atoms with Crippen molar-refractivity contribution >= 4 is 11.7 Å². The summed E-state index contributed by atoms with van der Waals surface area (Å²) in [5, 5.41) is 16.0. The number of pyridine rings is 1. The predicted octanol–water partition coefficient (Wildman–Crippen LogP) is 1.88. The Balaban J connectivity index is 1.76. The summed E-state index contributed by atoms with van der Waals surface area (Å²) in [5.74, 6) is 1.25. The lowest BCUT2D eigenvalue weighted by atomic mass is 9.84. The molecule has 1 saturated carbocycles. The van der Waals surface area contributed by atoms with Gasteiger partial charge in [-0.3, -0.25) is 4.79 Å². The van der Waals surface area contributed by atoms with Gasteiger partial charge >= 0.3 is 0 Å². The van der Waals surface area contributed by atoms with Crippen molar-refractivity contribution in [2.24, 2.45) is 12.5 Å². The third-order valence-corrected chi connectivity index (χ3v) is 4.54. The van der Waals surface area contributed by atoms with E-state index in [1.807, 2.05) is 37.7 Å². The molecule has 2 aromatic rings. The third-order valence-electron chi connectivity index (χ3n) is 4.54. The molecule has 1 aliphatic rings. The number of aryl methyl sites for hydroxylation is 1. The molecule has 2 heterocycles. The van der Waals surface area contributed by atoms with E-state index < -0.39 is 11.5 Å². The first kappa shape index (κ1) is 17.4. The fourth-order valence-corrected chi connectivity index (χ4v) is 2.62. The van der Waals surface area contributed by atoms with E-state index in [2.05, 4.69) is 20.6 Å². The fourth-order valence-electron chi connectivity index (χ4n) is 2.62. The lowest BCUT2D eigenvalue weighted by Gasteiger charge is -2.32. The molecule has 0 spiro atoms. The molecular formula is C18H25N5O2. The van der Waals surface area contributed by atoms with Crippen LogP contribution in [-0.2, 0) is 7.05 Å². The van der Waals surface area contributed by atoms with E-state index in [4.69, 9.17) is 0 Å². The maximum atomic E-state index is 12.7. The van der Waals surface area contributed by atoms with Crippen molar-refractivity contribution < 1.29 is 9.90 Å². The van der Waals surface area contributed by atoms with Crippen molar-refractivity contribution in [3.63, 3.8) is 0 Å². The van der Waals surface area contributed by atoms with Gasteiger partial charge in [0.25, 0.3) is 5.91 Å². The molecule has 3 N–H and O–H groups in total. The van der Waals surface area contributed by atoms with Crippen molar-refractivity contribution in [2.75, 3.05) is 11.9 Å². The van der Waals surface area contributed by atoms with Crippen LogP contribution in [0.25, 0.3) is 0 Å². The van der Waals surface area contributed by atoms with E-state index in [9.17, 15) is 9.90 Å². The van der Waals surface area contributed by atoms with Gasteiger partial charge in [-0.1, -0.05) is 13.8 Å². The average Bonchev–Trinajstić information content (AvgIpc) is 3.32. The Labute approximate surface area is 147 Å². The minimum atomic E-state index is -0.560. The number of carbonyl (C=O) groups excluding carboxylic acids is 1. The molecule has 1 aliphatic carbocycles. The summed E-state index contributed by atoms with van der Waals surface area (Å²) in [6, 6.07) is 3.67. The van der Waals surface area contributed by atoms with Crippen LogP contribution in [0.5, 0.6) is 0 Å². The summed E-state index contributed by atoms with van der Waals surface area (Å²) < 4.78 is 1.85. The Bertz CT molecular complexity index is 734. The molecule has 1 unspecified atom stereocenters. The molecule has 1 amide bonds. The van der Waals surface area contributed by atoms with Crippen molar-refractivity contribution in [3.05, 3.63) is 42.1 Å². The minimum Gasteiger partial charge on any atom is -0.396 e. The van der Waals surface area contributed by atoms with Crippen LogP contribution in [0.4, 0.5) is 5.82 Å². The number of carbonyl (C=O) groups is 1. The number of nitrogens with one attached hydrogen (secondary N) is 2. The number of hydrogen-bond acceptors (Lipinski definition) is 5. The normalized spacial score (nSPS) is 15.7. The maximum absolute atomic E-state index is 12.7. The molecule has 0 bridgehead atoms. The number of aliphatic hydroxyl groups excluding tert-OH is 1. The van der Waals surface area contributed by atoms with Gasteiger partial charge in [0, 0.05) is 37.1 Å². The van der Waals surface area contributed by atoms with E-state index in [0.29, 0.717) is 17.4 Å². The number of hydrogen-bond donors (Lipinski definition) is 3. The Hall–Kier alpha value is -2.41. The number of rotatable bonds is 7. The van der Waals surface area contributed by atoms with Gasteiger partial charge in [-0.15, -0.1) is 0 Å². The molecule has 134 valence electrons. The largest absolute Gasteiger partial charge is 0.396 e. The summed E-state index contributed by atoms with van der Waals surface area (Å²) in [6.45, 7) is 3.72. The molecule has 1 fully saturated rings. The Kier molecular flexibility index (Phi) is 4.76. The maximum Gasteiger partial charge on any atom is 0.253 e. The number of amides is 1. The van der Waals surface area contributed by atoms with Crippen molar-refractivity contribution in [1.29, 1.82) is 0 Å². The van der Waals surface area contributed by atoms with E-state index in [-0.39, 0.29) is 12.5 Å². The highest BCUT2D eigenvalue weighted by Gasteiger charge is 2.34. The van der Waals surface area contributed by atoms with Crippen LogP contribution in [0.1, 0.15) is 48.9 Å². The van der Waals surface area contributed by atoms with E-state index >= 15 is 0 Å². The first-order valence-corrected chi connectivity index (χ1v) is 8.52. The minimum absolute atomic E-state index is 0.0761. The fraction of sp³-hybridized carbons (Fsp3) is 0.500. The summed E-state index contributed by atoms with van der Waals surface area (Å²) in [7, 11) is 1.87. The van der Waals surface area contributed by atoms with E-state index in [1.165, 1.54) is 12.8 Å². The smallest absolute Gasteiger partial charge is 0.253 e. The summed E-state index contributed by atoms with van der Waals surface area (Å²) in [5.41, 5.74) is -0.0790. The molecule has 3 rings (SSSR count). The van der Waals surface area contributed by atoms with Crippen LogP contribution >= 0.6 is 0 Å². The summed E-state index contributed by atoms with van der Waals surface area (Å²) in [4.78, 5) is 21.3. The zero-order chi connectivity index (χ0) is 18.0. The Morgan fingerprint density at radius 2 is 2.16 bits per heavy atom. The number of imidazole rings is 1. The molecule has 1 atom stereocenters. The van der Waals surface area contributed by atoms with Gasteiger partial charge in [-0.05, 0) is 25.0 Å². The Morgan fingerprint density at radius 1 is 1.40 bits per heavy atom. The monoisotopic (exact) mass is 343 g/mol. The number of aromatic nitrogens is 3. The molecule has 2 aromatic heterocycles. The van der Waals surface area contributed by atoms with Gasteiger partial charge in [0.1, 0.15) is 11.6 Å². The van der Waals surface area contributed by atoms with Crippen molar-refractivity contribution in [1.82, 2.24) is 19.9 Å². The molecule has 7 nitrogen and oxygen atoms in total. The lowest BCUT2D eigenvalue weighted by molar-refractivity contribution is 0.0790. The topological polar surface area (TPSA) is 92.1 Å². The average molecular weight is 343 g/mol. The van der Waals surface area contributed by atoms with Gasteiger partial charge in [-0.25, -0.2) is 9.97 Å². The zero-order valence-electron chi connectivity index (χ0n) is 14.9. The van der Waals surface area contributed by atoms with Gasteiger partial charge in [0.15, 0.2) is 0 Å². The van der Waals surface area contributed by atoms with Crippen LogP contribution in [-0.4, -0.2) is 38.2 Å². The van der Waals surface area contributed by atoms with Gasteiger partial charge in [-0.2, -0.15) is 0 Å². The highest BCUT2D eigenvalue weighted by molar-refractivity contribution is 5.94. The van der Waals surface area contributed by atoms with Gasteiger partial charge < -0.3 is 20.3 Å². The molecular weight excluding hydrogens is 318 g/mol. The molecule has 0 radical (unpaired) electrons. The van der Waals surface area contributed by atoms with E-state index in [1.54, 1.807) is 18.5 Å². The van der Waals surface area contributed by atoms with Crippen LogP contribution in [0.3, 0.4) is 0 Å². The highest BCUT2D eigenvalue weighted by Crippen LogP contribution is 2.32. The zero-order valence-corrected chi connectivity index (χ0v) is 14.9. The van der Waals surface area contributed by atoms with Gasteiger partial charge in [0.05, 0.1) is 18.2 Å². The Morgan fingerprint density at radius 3 is 2.68 bits per heavy atom. The lowest BCUT2D eigenvalue weighted by Crippen LogP contribution is -2.41. The molecule has 0 aromatic carbocycles. The first-order chi connectivity index (χ1) is 11.9. The second-order valence-corrected chi connectivity index (χ2v) is 7.30. The highest BCUT2D eigenvalue weighted by atomic mass is 16.3. The SMILES string of the molecule is Cn1ccnc1C(NC(=O)c1ccc(NC2CC2)nc1)C(C)(C)CO. The van der Waals surface area contributed by atoms with Crippen LogP contribution in [0.2, 0.25) is 0 Å². The number of anilines is 1. The summed E-state index contributed by atoms with van der Waals surface area (Å²) in [6.07, 6.45) is 7.42. The molecule has 0 saturated heterocycles. The van der Waals surface area contributed by atoms with Crippen LogP contribution in [0.15, 0.2) is 30.7 Å². The quantitative estimate of drug-likeness (QED) is 0.714. The van der Waals surface area contributed by atoms with Crippen LogP contribution < -0.4 is 10.6 Å². The standard InChI is InChI=1S/C18H25N5O2/c1-18(2,11-24)15(16-19-8-9-23(16)3)22-17(25)12-4-7-14(20-10-12)21-13-5-6-13/h4,7-10,13,15,24H,5-6,11H2,1-3H3,(H,20,21)(H,22,25). The second kappa shape index (κ2) is 6.84. The number of aliphatic hydroxyl groups is 1. The van der Waals surface area contributed by atoms with Crippen molar-refractivity contribution in [3.8, 4) is 0 Å². The molecule has 7 heteroatoms. The summed E-state index contributed by atoms with van der Waals surface area (Å²) >= 11 is 0.